The number of benzene rings is 3. The minimum atomic E-state index is -3.57. The average molecular weight is 536 g/mol. The van der Waals surface area contributed by atoms with Gasteiger partial charge in [0, 0.05) is 43.8 Å². The minimum absolute atomic E-state index is 0.0980. The van der Waals surface area contributed by atoms with E-state index in [2.05, 4.69) is 31.0 Å². The number of phenols is 1. The summed E-state index contributed by atoms with van der Waals surface area (Å²) in [6.45, 7) is 10.9. The lowest BCUT2D eigenvalue weighted by molar-refractivity contribution is 0.0921. The molecule has 0 aliphatic carbocycles. The Morgan fingerprint density at radius 2 is 1.68 bits per heavy atom. The highest BCUT2D eigenvalue weighted by Crippen LogP contribution is 2.26. The predicted molar refractivity (Wildman–Crippen MR) is 150 cm³/mol. The van der Waals surface area contributed by atoms with Gasteiger partial charge < -0.3 is 10.4 Å². The Hall–Kier alpha value is -3.20. The Morgan fingerprint density at radius 3 is 2.34 bits per heavy atom. The summed E-state index contributed by atoms with van der Waals surface area (Å²) in [7, 11) is -3.57. The molecule has 0 aromatic heterocycles. The van der Waals surface area contributed by atoms with E-state index in [4.69, 9.17) is 0 Å². The highest BCUT2D eigenvalue weighted by Gasteiger charge is 2.29. The van der Waals surface area contributed by atoms with Crippen LogP contribution >= 0.6 is 0 Å². The van der Waals surface area contributed by atoms with Crippen molar-refractivity contribution in [3.05, 3.63) is 94.5 Å². The molecule has 0 saturated carbocycles. The summed E-state index contributed by atoms with van der Waals surface area (Å²) in [6, 6.07) is 19.6. The first-order valence-electron chi connectivity index (χ1n) is 12.9. The molecule has 1 aliphatic rings. The normalized spacial score (nSPS) is 14.3. The van der Waals surface area contributed by atoms with Crippen molar-refractivity contribution in [2.24, 2.45) is 0 Å². The highest BCUT2D eigenvalue weighted by molar-refractivity contribution is 7.89. The molecular formula is C30H37N3O4S. The zero-order valence-electron chi connectivity index (χ0n) is 22.6. The Kier molecular flexibility index (Phi) is 8.25. The van der Waals surface area contributed by atoms with Gasteiger partial charge in [0.1, 0.15) is 5.75 Å². The first kappa shape index (κ1) is 27.8. The van der Waals surface area contributed by atoms with Gasteiger partial charge in [-0.25, -0.2) is 8.42 Å². The monoisotopic (exact) mass is 535 g/mol. The fourth-order valence-electron chi connectivity index (χ4n) is 4.61. The molecule has 4 rings (SSSR count). The summed E-state index contributed by atoms with van der Waals surface area (Å²) < 4.78 is 27.7. The van der Waals surface area contributed by atoms with E-state index in [0.29, 0.717) is 49.6 Å². The number of nitrogens with one attached hydrogen (secondary N) is 1. The van der Waals surface area contributed by atoms with Crippen LogP contribution in [0.25, 0.3) is 0 Å². The predicted octanol–water partition coefficient (Wildman–Crippen LogP) is 4.48. The Morgan fingerprint density at radius 1 is 1.00 bits per heavy atom. The number of rotatable bonds is 8. The molecule has 3 aromatic rings. The van der Waals surface area contributed by atoms with Gasteiger partial charge in [-0.15, -0.1) is 0 Å². The Bertz CT molecular complexity index is 1380. The van der Waals surface area contributed by atoms with Gasteiger partial charge in [-0.3, -0.25) is 9.69 Å². The van der Waals surface area contributed by atoms with Crippen molar-refractivity contribution in [2.45, 2.75) is 57.6 Å². The van der Waals surface area contributed by atoms with Crippen molar-refractivity contribution in [3.8, 4) is 5.75 Å². The maximum Gasteiger partial charge on any atom is 0.251 e. The first-order chi connectivity index (χ1) is 17.9. The molecule has 7 nitrogen and oxygen atoms in total. The maximum atomic E-state index is 13.1. The van der Waals surface area contributed by atoms with Crippen molar-refractivity contribution < 1.29 is 18.3 Å². The van der Waals surface area contributed by atoms with Gasteiger partial charge in [0.25, 0.3) is 5.91 Å². The topological polar surface area (TPSA) is 90.0 Å². The first-order valence-corrected chi connectivity index (χ1v) is 14.4. The van der Waals surface area contributed by atoms with E-state index in [0.717, 1.165) is 22.3 Å². The van der Waals surface area contributed by atoms with E-state index in [9.17, 15) is 18.3 Å². The molecule has 0 saturated heterocycles. The number of fused-ring (bicyclic) bond motifs is 1. The van der Waals surface area contributed by atoms with Crippen LogP contribution in [0.3, 0.4) is 0 Å². The molecule has 1 heterocycles. The SMILES string of the molecule is Cc1ccc(S(=O)(=O)N2CCc3cc(C(=O)NCCN(Cc4ccc(O)cc4)C(C)(C)C)ccc3C2)cc1. The second kappa shape index (κ2) is 11.3. The summed E-state index contributed by atoms with van der Waals surface area (Å²) in [5.74, 6) is 0.106. The molecule has 0 fully saturated rings. The molecule has 202 valence electrons. The lowest BCUT2D eigenvalue weighted by Gasteiger charge is -2.35. The molecular weight excluding hydrogens is 498 g/mol. The molecule has 8 heteroatoms. The van der Waals surface area contributed by atoms with Crippen LogP contribution in [0.5, 0.6) is 5.75 Å². The number of hydrogen-bond donors (Lipinski definition) is 2. The fraction of sp³-hybridized carbons (Fsp3) is 0.367. The molecule has 0 unspecified atom stereocenters. The number of carbonyl (C=O) groups excluding carboxylic acids is 1. The van der Waals surface area contributed by atoms with Crippen LogP contribution in [0.15, 0.2) is 71.6 Å². The number of nitrogens with zero attached hydrogens (tertiary/aromatic N) is 2. The molecule has 1 amide bonds. The molecule has 1 aliphatic heterocycles. The van der Waals surface area contributed by atoms with Crippen LogP contribution in [-0.4, -0.2) is 53.8 Å². The van der Waals surface area contributed by atoms with E-state index in [1.807, 2.05) is 43.3 Å². The van der Waals surface area contributed by atoms with E-state index < -0.39 is 10.0 Å². The zero-order valence-corrected chi connectivity index (χ0v) is 23.4. The summed E-state index contributed by atoms with van der Waals surface area (Å²) in [5, 5.41) is 12.6. The maximum absolute atomic E-state index is 13.1. The van der Waals surface area contributed by atoms with Crippen molar-refractivity contribution in [1.82, 2.24) is 14.5 Å². The van der Waals surface area contributed by atoms with E-state index in [-0.39, 0.29) is 17.2 Å². The fourth-order valence-corrected chi connectivity index (χ4v) is 6.03. The average Bonchev–Trinajstić information content (AvgIpc) is 2.88. The quantitative estimate of drug-likeness (QED) is 0.444. The van der Waals surface area contributed by atoms with Crippen molar-refractivity contribution in [2.75, 3.05) is 19.6 Å². The van der Waals surface area contributed by atoms with Crippen LogP contribution in [0.1, 0.15) is 53.4 Å². The third-order valence-corrected chi connectivity index (χ3v) is 8.89. The summed E-state index contributed by atoms with van der Waals surface area (Å²) in [5.41, 5.74) is 4.53. The minimum Gasteiger partial charge on any atom is -0.508 e. The highest BCUT2D eigenvalue weighted by atomic mass is 32.2. The van der Waals surface area contributed by atoms with Crippen LogP contribution in [0.4, 0.5) is 0 Å². The molecule has 3 aromatic carbocycles. The van der Waals surface area contributed by atoms with Crippen molar-refractivity contribution in [1.29, 1.82) is 0 Å². The van der Waals surface area contributed by atoms with Gasteiger partial charge in [-0.05, 0) is 87.2 Å². The Balaban J connectivity index is 1.36. The second-order valence-electron chi connectivity index (χ2n) is 10.9. The molecule has 0 atom stereocenters. The van der Waals surface area contributed by atoms with Crippen LogP contribution in [0.2, 0.25) is 0 Å². The van der Waals surface area contributed by atoms with Gasteiger partial charge in [-0.1, -0.05) is 35.9 Å². The lowest BCUT2D eigenvalue weighted by Crippen LogP contribution is -2.45. The summed E-state index contributed by atoms with van der Waals surface area (Å²) >= 11 is 0. The van der Waals surface area contributed by atoms with E-state index in [1.165, 1.54) is 4.31 Å². The number of aryl methyl sites for hydroxylation is 1. The number of amides is 1. The van der Waals surface area contributed by atoms with Gasteiger partial charge in [0.2, 0.25) is 10.0 Å². The number of aromatic hydroxyl groups is 1. The number of carbonyl (C=O) groups is 1. The van der Waals surface area contributed by atoms with Crippen LogP contribution < -0.4 is 5.32 Å². The standard InChI is InChI=1S/C30H37N3O4S/c1-22-5-13-28(14-6-22)38(36,37)33-17-15-24-19-25(9-10-26(24)21-33)29(35)31-16-18-32(30(2,3)4)20-23-7-11-27(34)12-8-23/h5-14,19,34H,15-18,20-21H2,1-4H3,(H,31,35). The van der Waals surface area contributed by atoms with E-state index in [1.54, 1.807) is 30.3 Å². The number of hydrogen-bond acceptors (Lipinski definition) is 5. The smallest absolute Gasteiger partial charge is 0.251 e. The lowest BCUT2D eigenvalue weighted by atomic mass is 9.98. The molecule has 0 spiro atoms. The Labute approximate surface area is 226 Å². The third kappa shape index (κ3) is 6.62. The summed E-state index contributed by atoms with van der Waals surface area (Å²) in [6.07, 6.45) is 0.561. The number of sulfonamides is 1. The summed E-state index contributed by atoms with van der Waals surface area (Å²) in [4.78, 5) is 15.5. The number of phenolic OH excluding ortho intramolecular Hbond substituents is 1. The van der Waals surface area contributed by atoms with Crippen molar-refractivity contribution in [3.63, 3.8) is 0 Å². The van der Waals surface area contributed by atoms with Gasteiger partial charge in [-0.2, -0.15) is 4.31 Å². The van der Waals surface area contributed by atoms with Gasteiger partial charge in [0.05, 0.1) is 4.90 Å². The van der Waals surface area contributed by atoms with Crippen LogP contribution in [-0.2, 0) is 29.5 Å². The molecule has 0 radical (unpaired) electrons. The van der Waals surface area contributed by atoms with Gasteiger partial charge >= 0.3 is 0 Å². The largest absolute Gasteiger partial charge is 0.508 e. The van der Waals surface area contributed by atoms with E-state index >= 15 is 0 Å². The van der Waals surface area contributed by atoms with Crippen LogP contribution in [0, 0.1) is 6.92 Å². The zero-order chi connectivity index (χ0) is 27.5. The molecule has 0 bridgehead atoms. The molecule has 38 heavy (non-hydrogen) atoms. The van der Waals surface area contributed by atoms with Gasteiger partial charge in [0.15, 0.2) is 0 Å². The second-order valence-corrected chi connectivity index (χ2v) is 12.8. The van der Waals surface area contributed by atoms with Crippen molar-refractivity contribution >= 4 is 15.9 Å². The third-order valence-electron chi connectivity index (χ3n) is 7.03. The molecule has 2 N–H and O–H groups in total.